The van der Waals surface area contributed by atoms with Crippen LogP contribution in [0.15, 0.2) is 83.7 Å². The van der Waals surface area contributed by atoms with E-state index in [2.05, 4.69) is 0 Å². The van der Waals surface area contributed by atoms with Gasteiger partial charge in [0.2, 0.25) is 0 Å². The van der Waals surface area contributed by atoms with E-state index < -0.39 is 5.97 Å². The van der Waals surface area contributed by atoms with Crippen molar-refractivity contribution in [1.29, 1.82) is 0 Å². The standard InChI is InChI=1S/C26H18O3/c1-2-29-26(28)22-15-21-24-19(18-11-6-7-12-20(18)25(21)27)14-8-13-17(23(22)24)16-9-4-3-5-10-16/h3-15H,2H2,1H3. The first-order chi connectivity index (χ1) is 14.2. The van der Waals surface area contributed by atoms with Gasteiger partial charge in [0.25, 0.3) is 0 Å². The molecule has 0 saturated carbocycles. The molecule has 140 valence electrons. The van der Waals surface area contributed by atoms with Crippen LogP contribution in [0.5, 0.6) is 0 Å². The molecule has 0 saturated heterocycles. The Morgan fingerprint density at radius 2 is 1.45 bits per heavy atom. The second-order valence-electron chi connectivity index (χ2n) is 7.04. The average Bonchev–Trinajstić information content (AvgIpc) is 3.04. The third-order valence-corrected chi connectivity index (χ3v) is 5.43. The van der Waals surface area contributed by atoms with Crippen LogP contribution in [0, 0.1) is 0 Å². The second-order valence-corrected chi connectivity index (χ2v) is 7.04. The number of fused-ring (bicyclic) bond motifs is 2. The summed E-state index contributed by atoms with van der Waals surface area (Å²) in [6.07, 6.45) is 0. The van der Waals surface area contributed by atoms with E-state index in [-0.39, 0.29) is 12.0 Å². The van der Waals surface area contributed by atoms with Gasteiger partial charge in [-0.25, -0.2) is 4.79 Å². The van der Waals surface area contributed by atoms with Crippen molar-refractivity contribution >= 4 is 38.3 Å². The molecule has 0 aliphatic carbocycles. The Morgan fingerprint density at radius 3 is 2.21 bits per heavy atom. The SMILES string of the molecule is CCOC(=O)c1cc2c(=O)c3ccccc3c3cccc(-c4ccccc4)c1c23. The Kier molecular flexibility index (Phi) is 4.02. The van der Waals surface area contributed by atoms with E-state index >= 15 is 0 Å². The predicted octanol–water partition coefficient (Wildman–Crippen LogP) is 5.79. The first-order valence-electron chi connectivity index (χ1n) is 9.67. The third kappa shape index (κ3) is 2.59. The summed E-state index contributed by atoms with van der Waals surface area (Å²) in [7, 11) is 0. The highest BCUT2D eigenvalue weighted by atomic mass is 16.5. The normalized spacial score (nSPS) is 11.3. The van der Waals surface area contributed by atoms with Gasteiger partial charge in [0, 0.05) is 21.5 Å². The molecule has 0 unspecified atom stereocenters. The van der Waals surface area contributed by atoms with Crippen LogP contribution in [0.4, 0.5) is 0 Å². The van der Waals surface area contributed by atoms with E-state index in [4.69, 9.17) is 4.74 Å². The zero-order valence-electron chi connectivity index (χ0n) is 15.9. The van der Waals surface area contributed by atoms with Crippen LogP contribution >= 0.6 is 0 Å². The lowest BCUT2D eigenvalue weighted by Crippen LogP contribution is -2.04. The van der Waals surface area contributed by atoms with Gasteiger partial charge >= 0.3 is 5.97 Å². The number of rotatable bonds is 3. The van der Waals surface area contributed by atoms with Crippen molar-refractivity contribution < 1.29 is 9.53 Å². The van der Waals surface area contributed by atoms with Crippen molar-refractivity contribution in [2.75, 3.05) is 6.61 Å². The largest absolute Gasteiger partial charge is 0.462 e. The van der Waals surface area contributed by atoms with Crippen LogP contribution in [0.1, 0.15) is 17.3 Å². The highest BCUT2D eigenvalue weighted by Crippen LogP contribution is 2.39. The average molecular weight is 378 g/mol. The second kappa shape index (κ2) is 6.71. The van der Waals surface area contributed by atoms with Crippen molar-refractivity contribution in [3.05, 3.63) is 94.6 Å². The first kappa shape index (κ1) is 17.4. The zero-order chi connectivity index (χ0) is 20.0. The molecule has 5 aromatic rings. The fraction of sp³-hybridized carbons (Fsp3) is 0.0769. The molecule has 0 heterocycles. The fourth-order valence-electron chi connectivity index (χ4n) is 4.22. The summed E-state index contributed by atoms with van der Waals surface area (Å²) in [5.41, 5.74) is 2.28. The Labute approximate surface area is 167 Å². The van der Waals surface area contributed by atoms with Crippen molar-refractivity contribution in [3.8, 4) is 11.1 Å². The molecule has 0 fully saturated rings. The summed E-state index contributed by atoms with van der Waals surface area (Å²) in [6, 6.07) is 25.2. The summed E-state index contributed by atoms with van der Waals surface area (Å²) < 4.78 is 5.34. The summed E-state index contributed by atoms with van der Waals surface area (Å²) in [6.45, 7) is 2.06. The van der Waals surface area contributed by atoms with Gasteiger partial charge in [-0.2, -0.15) is 0 Å². The Hall–Kier alpha value is -3.72. The van der Waals surface area contributed by atoms with Gasteiger partial charge in [-0.15, -0.1) is 0 Å². The molecule has 0 spiro atoms. The van der Waals surface area contributed by atoms with Gasteiger partial charge in [0.05, 0.1) is 12.2 Å². The molecule has 5 rings (SSSR count). The molecule has 3 heteroatoms. The van der Waals surface area contributed by atoms with Crippen LogP contribution in [-0.4, -0.2) is 12.6 Å². The van der Waals surface area contributed by atoms with Crippen LogP contribution in [0.2, 0.25) is 0 Å². The maximum atomic E-state index is 13.3. The zero-order valence-corrected chi connectivity index (χ0v) is 15.9. The van der Waals surface area contributed by atoms with Crippen molar-refractivity contribution in [3.63, 3.8) is 0 Å². The monoisotopic (exact) mass is 378 g/mol. The predicted molar refractivity (Wildman–Crippen MR) is 118 cm³/mol. The number of ether oxygens (including phenoxy) is 1. The van der Waals surface area contributed by atoms with E-state index in [1.165, 1.54) is 0 Å². The molecule has 5 aromatic carbocycles. The maximum Gasteiger partial charge on any atom is 0.338 e. The summed E-state index contributed by atoms with van der Waals surface area (Å²) in [4.78, 5) is 26.1. The molecule has 0 aliphatic heterocycles. The van der Waals surface area contributed by atoms with E-state index in [9.17, 15) is 9.59 Å². The third-order valence-electron chi connectivity index (χ3n) is 5.43. The van der Waals surface area contributed by atoms with E-state index in [0.29, 0.717) is 16.3 Å². The number of hydrogen-bond donors (Lipinski definition) is 0. The molecule has 29 heavy (non-hydrogen) atoms. The smallest absolute Gasteiger partial charge is 0.338 e. The van der Waals surface area contributed by atoms with Gasteiger partial charge < -0.3 is 4.74 Å². The molecule has 3 nitrogen and oxygen atoms in total. The molecular formula is C26H18O3. The number of hydrogen-bond acceptors (Lipinski definition) is 3. The van der Waals surface area contributed by atoms with Crippen LogP contribution < -0.4 is 5.43 Å². The molecule has 0 amide bonds. The highest BCUT2D eigenvalue weighted by molar-refractivity contribution is 6.28. The van der Waals surface area contributed by atoms with Crippen molar-refractivity contribution in [2.24, 2.45) is 0 Å². The topological polar surface area (TPSA) is 43.4 Å². The van der Waals surface area contributed by atoms with E-state index in [0.717, 1.165) is 32.7 Å². The Balaban J connectivity index is 2.06. The van der Waals surface area contributed by atoms with Gasteiger partial charge in [0.15, 0.2) is 5.43 Å². The van der Waals surface area contributed by atoms with Gasteiger partial charge in [0.1, 0.15) is 0 Å². The number of carbonyl (C=O) groups excluding carboxylic acids is 1. The summed E-state index contributed by atoms with van der Waals surface area (Å²) in [5, 5.41) is 4.67. The molecule has 0 bridgehead atoms. The molecule has 0 radical (unpaired) electrons. The fourth-order valence-corrected chi connectivity index (χ4v) is 4.22. The van der Waals surface area contributed by atoms with E-state index in [1.54, 1.807) is 13.0 Å². The molecule has 0 N–H and O–H groups in total. The van der Waals surface area contributed by atoms with Crippen LogP contribution in [0.25, 0.3) is 43.4 Å². The first-order valence-corrected chi connectivity index (χ1v) is 9.67. The van der Waals surface area contributed by atoms with Gasteiger partial charge in [-0.3, -0.25) is 4.79 Å². The lowest BCUT2D eigenvalue weighted by molar-refractivity contribution is 0.0529. The minimum atomic E-state index is -0.406. The number of carbonyl (C=O) groups is 1. The lowest BCUT2D eigenvalue weighted by Gasteiger charge is -2.06. The minimum absolute atomic E-state index is 0.0566. The van der Waals surface area contributed by atoms with Crippen molar-refractivity contribution in [2.45, 2.75) is 6.92 Å². The Morgan fingerprint density at radius 1 is 0.759 bits per heavy atom. The van der Waals surface area contributed by atoms with Crippen molar-refractivity contribution in [1.82, 2.24) is 0 Å². The quantitative estimate of drug-likeness (QED) is 0.373. The molecule has 0 atom stereocenters. The highest BCUT2D eigenvalue weighted by Gasteiger charge is 2.22. The van der Waals surface area contributed by atoms with Gasteiger partial charge in [-0.1, -0.05) is 72.8 Å². The summed E-state index contributed by atoms with van der Waals surface area (Å²) >= 11 is 0. The van der Waals surface area contributed by atoms with E-state index in [1.807, 2.05) is 72.8 Å². The van der Waals surface area contributed by atoms with Crippen LogP contribution in [0.3, 0.4) is 0 Å². The summed E-state index contributed by atoms with van der Waals surface area (Å²) in [5.74, 6) is -0.406. The van der Waals surface area contributed by atoms with Crippen LogP contribution in [-0.2, 0) is 4.74 Å². The van der Waals surface area contributed by atoms with Gasteiger partial charge in [-0.05, 0) is 34.9 Å². The molecular weight excluding hydrogens is 360 g/mol. The maximum absolute atomic E-state index is 13.3. The molecule has 0 aliphatic rings. The number of esters is 1. The lowest BCUT2D eigenvalue weighted by atomic mass is 9.98. The minimum Gasteiger partial charge on any atom is -0.462 e. The molecule has 0 aromatic heterocycles. The Bertz CT molecular complexity index is 1440. The number of benzene rings is 3.